The highest BCUT2D eigenvalue weighted by molar-refractivity contribution is 5.99. The zero-order valence-electron chi connectivity index (χ0n) is 12.9. The van der Waals surface area contributed by atoms with Crippen molar-refractivity contribution in [3.8, 4) is 0 Å². The van der Waals surface area contributed by atoms with Crippen LogP contribution < -0.4 is 0 Å². The number of carboxylic acid groups (broad SMARTS) is 1. The molecule has 0 spiro atoms. The highest BCUT2D eigenvalue weighted by atomic mass is 16.4. The van der Waals surface area contributed by atoms with Gasteiger partial charge in [0.1, 0.15) is 0 Å². The molecule has 0 saturated carbocycles. The van der Waals surface area contributed by atoms with Gasteiger partial charge in [-0.15, -0.1) is 0 Å². The van der Waals surface area contributed by atoms with E-state index in [1.807, 2.05) is 12.1 Å². The number of aliphatic carboxylic acids is 1. The molecule has 2 atom stereocenters. The first-order valence-corrected chi connectivity index (χ1v) is 7.08. The lowest BCUT2D eigenvalue weighted by atomic mass is 9.81. The average Bonchev–Trinajstić information content (AvgIpc) is 2.44. The predicted octanol–water partition coefficient (Wildman–Crippen LogP) is 3.91. The largest absolute Gasteiger partial charge is 0.481 e. The number of carboxylic acids is 1. The summed E-state index contributed by atoms with van der Waals surface area (Å²) in [4.78, 5) is 23.2. The molecular formula is C17H24O3. The molecule has 0 aromatic heterocycles. The van der Waals surface area contributed by atoms with E-state index in [0.29, 0.717) is 5.56 Å². The Bertz CT molecular complexity index is 485. The van der Waals surface area contributed by atoms with E-state index in [-0.39, 0.29) is 11.2 Å². The van der Waals surface area contributed by atoms with Crippen LogP contribution in [-0.4, -0.2) is 16.9 Å². The Labute approximate surface area is 121 Å². The minimum Gasteiger partial charge on any atom is -0.481 e. The van der Waals surface area contributed by atoms with Crippen molar-refractivity contribution >= 4 is 11.8 Å². The number of benzene rings is 1. The fourth-order valence-corrected chi connectivity index (χ4v) is 1.99. The minimum absolute atomic E-state index is 0.0849. The zero-order valence-corrected chi connectivity index (χ0v) is 12.9. The van der Waals surface area contributed by atoms with Gasteiger partial charge < -0.3 is 5.11 Å². The molecule has 0 aliphatic rings. The van der Waals surface area contributed by atoms with E-state index in [9.17, 15) is 9.59 Å². The van der Waals surface area contributed by atoms with Crippen LogP contribution >= 0.6 is 0 Å². The maximum Gasteiger partial charge on any atom is 0.306 e. The Balaban J connectivity index is 2.94. The number of ketones is 1. The van der Waals surface area contributed by atoms with Gasteiger partial charge in [-0.3, -0.25) is 9.59 Å². The van der Waals surface area contributed by atoms with Crippen molar-refractivity contribution in [1.82, 2.24) is 0 Å². The Hall–Kier alpha value is -1.64. The van der Waals surface area contributed by atoms with Gasteiger partial charge in [-0.25, -0.2) is 0 Å². The van der Waals surface area contributed by atoms with Crippen LogP contribution in [0, 0.1) is 11.8 Å². The Morgan fingerprint density at radius 3 is 2.00 bits per heavy atom. The second kappa shape index (κ2) is 6.21. The maximum atomic E-state index is 12.3. The monoisotopic (exact) mass is 276 g/mol. The normalized spacial score (nSPS) is 14.7. The predicted molar refractivity (Wildman–Crippen MR) is 80.1 cm³/mol. The van der Waals surface area contributed by atoms with E-state index in [0.717, 1.165) is 6.42 Å². The smallest absolute Gasteiger partial charge is 0.306 e. The van der Waals surface area contributed by atoms with E-state index in [2.05, 4.69) is 20.8 Å². The lowest BCUT2D eigenvalue weighted by Crippen LogP contribution is -2.25. The maximum absolute atomic E-state index is 12.3. The molecule has 0 aliphatic carbocycles. The van der Waals surface area contributed by atoms with E-state index < -0.39 is 17.8 Å². The zero-order chi connectivity index (χ0) is 15.5. The van der Waals surface area contributed by atoms with Gasteiger partial charge in [0.15, 0.2) is 5.78 Å². The molecule has 0 radical (unpaired) electrons. The summed E-state index contributed by atoms with van der Waals surface area (Å²) in [6.45, 7) is 9.71. The summed E-state index contributed by atoms with van der Waals surface area (Å²) in [7, 11) is 0. The fourth-order valence-electron chi connectivity index (χ4n) is 1.99. The van der Waals surface area contributed by atoms with Crippen molar-refractivity contribution in [3.63, 3.8) is 0 Å². The van der Waals surface area contributed by atoms with Gasteiger partial charge in [-0.1, -0.05) is 58.9 Å². The van der Waals surface area contributed by atoms with Gasteiger partial charge in [0.2, 0.25) is 0 Å². The molecule has 0 aliphatic heterocycles. The van der Waals surface area contributed by atoms with E-state index in [4.69, 9.17) is 5.11 Å². The van der Waals surface area contributed by atoms with Crippen LogP contribution in [0.5, 0.6) is 0 Å². The van der Waals surface area contributed by atoms with Crippen LogP contribution in [0.1, 0.15) is 57.0 Å². The van der Waals surface area contributed by atoms with E-state index >= 15 is 0 Å². The third kappa shape index (κ3) is 3.47. The summed E-state index contributed by atoms with van der Waals surface area (Å²) in [6.07, 6.45) is 1.02. The van der Waals surface area contributed by atoms with Crippen molar-refractivity contribution in [2.45, 2.75) is 46.5 Å². The third-order valence-electron chi connectivity index (χ3n) is 4.39. The lowest BCUT2D eigenvalue weighted by Gasteiger charge is -2.23. The fraction of sp³-hybridized carbons (Fsp3) is 0.529. The highest BCUT2D eigenvalue weighted by Gasteiger charge is 2.27. The van der Waals surface area contributed by atoms with Gasteiger partial charge >= 0.3 is 5.97 Å². The molecule has 2 unspecified atom stereocenters. The second-order valence-electron chi connectivity index (χ2n) is 6.09. The molecule has 1 N–H and O–H groups in total. The molecule has 1 aromatic rings. The van der Waals surface area contributed by atoms with Gasteiger partial charge in [0.05, 0.1) is 5.92 Å². The lowest BCUT2D eigenvalue weighted by molar-refractivity contribution is -0.142. The van der Waals surface area contributed by atoms with Crippen LogP contribution in [0.2, 0.25) is 0 Å². The van der Waals surface area contributed by atoms with Crippen molar-refractivity contribution < 1.29 is 14.7 Å². The Morgan fingerprint density at radius 1 is 1.10 bits per heavy atom. The van der Waals surface area contributed by atoms with Crippen molar-refractivity contribution in [1.29, 1.82) is 0 Å². The van der Waals surface area contributed by atoms with E-state index in [1.54, 1.807) is 26.0 Å². The number of Topliss-reactive ketones (excluding diaryl/α,β-unsaturated/α-hetero) is 1. The molecule has 1 aromatic carbocycles. The molecule has 0 amide bonds. The second-order valence-corrected chi connectivity index (χ2v) is 6.09. The summed E-state index contributed by atoms with van der Waals surface area (Å²) in [5.74, 6) is -2.23. The van der Waals surface area contributed by atoms with Gasteiger partial charge in [0.25, 0.3) is 0 Å². The number of carbonyl (C=O) groups is 2. The first kappa shape index (κ1) is 16.4. The topological polar surface area (TPSA) is 54.4 Å². The summed E-state index contributed by atoms with van der Waals surface area (Å²) in [5.41, 5.74) is 1.86. The molecule has 3 nitrogen and oxygen atoms in total. The number of hydrogen-bond donors (Lipinski definition) is 1. The number of hydrogen-bond acceptors (Lipinski definition) is 2. The highest BCUT2D eigenvalue weighted by Crippen LogP contribution is 2.27. The minimum atomic E-state index is -0.936. The quantitative estimate of drug-likeness (QED) is 0.801. The molecular weight excluding hydrogens is 252 g/mol. The van der Waals surface area contributed by atoms with Crippen molar-refractivity contribution in [3.05, 3.63) is 35.4 Å². The van der Waals surface area contributed by atoms with Crippen LogP contribution in [0.4, 0.5) is 0 Å². The first-order valence-electron chi connectivity index (χ1n) is 7.08. The van der Waals surface area contributed by atoms with E-state index in [1.165, 1.54) is 5.56 Å². The SMILES string of the molecule is CCC(C)(C)c1ccc(C(=O)C(C)C(C)C(=O)O)cc1. The molecule has 0 bridgehead atoms. The third-order valence-corrected chi connectivity index (χ3v) is 4.39. The Morgan fingerprint density at radius 2 is 1.60 bits per heavy atom. The van der Waals surface area contributed by atoms with Crippen molar-refractivity contribution in [2.75, 3.05) is 0 Å². The van der Waals surface area contributed by atoms with Gasteiger partial charge in [-0.05, 0) is 17.4 Å². The van der Waals surface area contributed by atoms with Crippen LogP contribution in [-0.2, 0) is 10.2 Å². The molecule has 3 heteroatoms. The van der Waals surface area contributed by atoms with Crippen LogP contribution in [0.25, 0.3) is 0 Å². The Kier molecular flexibility index (Phi) is 5.09. The average molecular weight is 276 g/mol. The molecule has 1 rings (SSSR count). The molecule has 110 valence electrons. The summed E-state index contributed by atoms with van der Waals surface area (Å²) >= 11 is 0. The molecule has 0 saturated heterocycles. The van der Waals surface area contributed by atoms with Crippen LogP contribution in [0.15, 0.2) is 24.3 Å². The summed E-state index contributed by atoms with van der Waals surface area (Å²) < 4.78 is 0. The number of rotatable bonds is 6. The van der Waals surface area contributed by atoms with Crippen LogP contribution in [0.3, 0.4) is 0 Å². The standard InChI is InChI=1S/C17H24O3/c1-6-17(4,5)14-9-7-13(8-10-14)15(18)11(2)12(3)16(19)20/h7-12H,6H2,1-5H3,(H,19,20). The molecule has 0 heterocycles. The molecule has 0 fully saturated rings. The first-order chi connectivity index (χ1) is 9.20. The van der Waals surface area contributed by atoms with Gasteiger partial charge in [0, 0.05) is 11.5 Å². The summed E-state index contributed by atoms with van der Waals surface area (Å²) in [5, 5.41) is 8.98. The summed E-state index contributed by atoms with van der Waals surface area (Å²) in [6, 6.07) is 7.55. The van der Waals surface area contributed by atoms with Gasteiger partial charge in [-0.2, -0.15) is 0 Å². The number of carbonyl (C=O) groups excluding carboxylic acids is 1. The van der Waals surface area contributed by atoms with Crippen molar-refractivity contribution in [2.24, 2.45) is 11.8 Å². The molecule has 20 heavy (non-hydrogen) atoms.